The van der Waals surface area contributed by atoms with Crippen LogP contribution in [0.5, 0.6) is 0 Å². The van der Waals surface area contributed by atoms with E-state index in [9.17, 15) is 9.59 Å². The molecule has 1 saturated carbocycles. The van der Waals surface area contributed by atoms with Crippen LogP contribution in [0.3, 0.4) is 0 Å². The van der Waals surface area contributed by atoms with E-state index in [0.717, 1.165) is 12.2 Å². The molecule has 130 valence electrons. The van der Waals surface area contributed by atoms with Crippen LogP contribution in [0.4, 0.5) is 0 Å². The summed E-state index contributed by atoms with van der Waals surface area (Å²) in [6.07, 6.45) is 4.35. The maximum Gasteiger partial charge on any atom is 0.225 e. The first-order valence-corrected chi connectivity index (χ1v) is 8.70. The Balaban J connectivity index is 1.35. The third kappa shape index (κ3) is 3.55. The van der Waals surface area contributed by atoms with Gasteiger partial charge < -0.3 is 10.2 Å². The summed E-state index contributed by atoms with van der Waals surface area (Å²) in [7, 11) is 0. The zero-order valence-corrected chi connectivity index (χ0v) is 14.0. The summed E-state index contributed by atoms with van der Waals surface area (Å²) in [5, 5.41) is 10.9. The summed E-state index contributed by atoms with van der Waals surface area (Å²) in [4.78, 5) is 26.3. The van der Waals surface area contributed by atoms with E-state index in [1.807, 2.05) is 39.8 Å². The highest BCUT2D eigenvalue weighted by atomic mass is 16.2. The van der Waals surface area contributed by atoms with Crippen LogP contribution in [-0.4, -0.2) is 44.6 Å². The molecule has 1 atom stereocenters. The molecule has 0 radical (unpaired) electrons. The van der Waals surface area contributed by atoms with Crippen molar-refractivity contribution in [2.24, 2.45) is 11.8 Å². The molecule has 2 amide bonds. The lowest BCUT2D eigenvalue weighted by Crippen LogP contribution is -2.33. The van der Waals surface area contributed by atoms with Gasteiger partial charge in [0.25, 0.3) is 0 Å². The highest BCUT2D eigenvalue weighted by molar-refractivity contribution is 5.89. The topological polar surface area (TPSA) is 80.1 Å². The fourth-order valence-corrected chi connectivity index (χ4v) is 3.23. The van der Waals surface area contributed by atoms with Crippen molar-refractivity contribution in [1.82, 2.24) is 25.0 Å². The first kappa shape index (κ1) is 15.8. The Kier molecular flexibility index (Phi) is 4.21. The van der Waals surface area contributed by atoms with Gasteiger partial charge in [0.2, 0.25) is 11.8 Å². The van der Waals surface area contributed by atoms with Crippen LogP contribution >= 0.6 is 0 Å². The van der Waals surface area contributed by atoms with Gasteiger partial charge in [0.1, 0.15) is 6.33 Å². The molecule has 1 aromatic carbocycles. The molecule has 1 saturated heterocycles. The van der Waals surface area contributed by atoms with Crippen LogP contribution in [0, 0.1) is 11.8 Å². The lowest BCUT2D eigenvalue weighted by Gasteiger charge is -2.16. The third-order valence-corrected chi connectivity index (χ3v) is 4.83. The Morgan fingerprint density at radius 1 is 1.24 bits per heavy atom. The lowest BCUT2D eigenvalue weighted by molar-refractivity contribution is -0.129. The first-order chi connectivity index (χ1) is 12.2. The zero-order valence-electron chi connectivity index (χ0n) is 14.0. The van der Waals surface area contributed by atoms with E-state index in [4.69, 9.17) is 0 Å². The number of para-hydroxylation sites is 1. The van der Waals surface area contributed by atoms with Crippen molar-refractivity contribution in [1.29, 1.82) is 0 Å². The molecule has 7 nitrogen and oxygen atoms in total. The van der Waals surface area contributed by atoms with Gasteiger partial charge in [-0.25, -0.2) is 0 Å². The zero-order chi connectivity index (χ0) is 17.2. The number of hydrogen-bond acceptors (Lipinski definition) is 4. The molecule has 0 unspecified atom stereocenters. The molecule has 1 aliphatic heterocycles. The molecule has 2 aliphatic rings. The Bertz CT molecular complexity index is 769. The molecule has 1 aromatic heterocycles. The van der Waals surface area contributed by atoms with Crippen LogP contribution in [-0.2, 0) is 16.1 Å². The Morgan fingerprint density at radius 3 is 2.80 bits per heavy atom. The number of likely N-dealkylation sites (tertiary alicyclic amines) is 1. The number of carbonyl (C=O) groups is 2. The summed E-state index contributed by atoms with van der Waals surface area (Å²) in [6, 6.07) is 9.74. The third-order valence-electron chi connectivity index (χ3n) is 4.83. The number of hydrogen-bond donors (Lipinski definition) is 1. The van der Waals surface area contributed by atoms with E-state index in [1.54, 1.807) is 6.33 Å². The number of aromatic nitrogens is 3. The van der Waals surface area contributed by atoms with Crippen molar-refractivity contribution < 1.29 is 9.59 Å². The van der Waals surface area contributed by atoms with Gasteiger partial charge in [-0.3, -0.25) is 14.2 Å². The summed E-state index contributed by atoms with van der Waals surface area (Å²) in [5.74, 6) is 1.06. The minimum absolute atomic E-state index is 0.0886. The van der Waals surface area contributed by atoms with Crippen LogP contribution < -0.4 is 5.32 Å². The Labute approximate surface area is 146 Å². The monoisotopic (exact) mass is 339 g/mol. The molecule has 0 bridgehead atoms. The van der Waals surface area contributed by atoms with Crippen molar-refractivity contribution in [3.63, 3.8) is 0 Å². The van der Waals surface area contributed by atoms with Crippen LogP contribution in [0.15, 0.2) is 36.7 Å². The lowest BCUT2D eigenvalue weighted by atomic mass is 10.1. The predicted octanol–water partition coefficient (Wildman–Crippen LogP) is 1.14. The molecular weight excluding hydrogens is 318 g/mol. The minimum atomic E-state index is -0.264. The van der Waals surface area contributed by atoms with Crippen LogP contribution in [0.1, 0.15) is 25.1 Å². The van der Waals surface area contributed by atoms with Crippen molar-refractivity contribution in [2.45, 2.75) is 25.8 Å². The van der Waals surface area contributed by atoms with Crippen molar-refractivity contribution >= 4 is 11.8 Å². The molecule has 25 heavy (non-hydrogen) atoms. The highest BCUT2D eigenvalue weighted by Crippen LogP contribution is 2.32. The van der Waals surface area contributed by atoms with Gasteiger partial charge in [-0.15, -0.1) is 10.2 Å². The van der Waals surface area contributed by atoms with Gasteiger partial charge >= 0.3 is 0 Å². The standard InChI is InChI=1S/C18H21N5O2/c24-17-8-14(11-22(17)10-13-6-7-13)18(25)19-9-16-21-20-12-23(16)15-4-2-1-3-5-15/h1-5,12-14H,6-11H2,(H,19,25)/t14-/m1/s1. The quantitative estimate of drug-likeness (QED) is 0.856. The van der Waals surface area contributed by atoms with Gasteiger partial charge in [-0.05, 0) is 30.9 Å². The van der Waals surface area contributed by atoms with Crippen LogP contribution in [0.2, 0.25) is 0 Å². The van der Waals surface area contributed by atoms with E-state index >= 15 is 0 Å². The second-order valence-corrected chi connectivity index (χ2v) is 6.81. The summed E-state index contributed by atoms with van der Waals surface area (Å²) in [6.45, 7) is 1.64. The summed E-state index contributed by atoms with van der Waals surface area (Å²) in [5.41, 5.74) is 0.948. The number of carbonyl (C=O) groups excluding carboxylic acids is 2. The molecule has 2 heterocycles. The molecule has 1 aliphatic carbocycles. The number of rotatable bonds is 6. The minimum Gasteiger partial charge on any atom is -0.348 e. The van der Waals surface area contributed by atoms with E-state index in [2.05, 4.69) is 15.5 Å². The van der Waals surface area contributed by atoms with Gasteiger partial charge in [-0.1, -0.05) is 18.2 Å². The van der Waals surface area contributed by atoms with Gasteiger partial charge in [-0.2, -0.15) is 0 Å². The molecule has 4 rings (SSSR count). The van der Waals surface area contributed by atoms with Gasteiger partial charge in [0.05, 0.1) is 12.5 Å². The number of benzene rings is 1. The smallest absolute Gasteiger partial charge is 0.225 e. The molecule has 2 fully saturated rings. The first-order valence-electron chi connectivity index (χ1n) is 8.70. The average Bonchev–Trinajstić information content (AvgIpc) is 3.19. The van der Waals surface area contributed by atoms with Gasteiger partial charge in [0, 0.05) is 25.2 Å². The van der Waals surface area contributed by atoms with Crippen LogP contribution in [0.25, 0.3) is 5.69 Å². The van der Waals surface area contributed by atoms with Crippen molar-refractivity contribution in [2.75, 3.05) is 13.1 Å². The number of nitrogens with one attached hydrogen (secondary N) is 1. The van der Waals surface area contributed by atoms with Gasteiger partial charge in [0.15, 0.2) is 5.82 Å². The van der Waals surface area contributed by atoms with Crippen molar-refractivity contribution in [3.8, 4) is 5.69 Å². The molecule has 7 heteroatoms. The number of amides is 2. The highest BCUT2D eigenvalue weighted by Gasteiger charge is 2.37. The maximum atomic E-state index is 12.4. The van der Waals surface area contributed by atoms with E-state index in [-0.39, 0.29) is 17.7 Å². The molecule has 1 N–H and O–H groups in total. The average molecular weight is 339 g/mol. The molecule has 0 spiro atoms. The largest absolute Gasteiger partial charge is 0.348 e. The fourth-order valence-electron chi connectivity index (χ4n) is 3.23. The van der Waals surface area contributed by atoms with E-state index in [0.29, 0.717) is 31.3 Å². The molecule has 2 aromatic rings. The maximum absolute atomic E-state index is 12.4. The summed E-state index contributed by atoms with van der Waals surface area (Å²) >= 11 is 0. The SMILES string of the molecule is O=C(NCc1nncn1-c1ccccc1)[C@@H]1CC(=O)N(CC2CC2)C1. The Morgan fingerprint density at radius 2 is 2.04 bits per heavy atom. The predicted molar refractivity (Wildman–Crippen MR) is 90.6 cm³/mol. The molecular formula is C18H21N5O2. The number of nitrogens with zero attached hydrogens (tertiary/aromatic N) is 4. The summed E-state index contributed by atoms with van der Waals surface area (Å²) < 4.78 is 1.85. The second kappa shape index (κ2) is 6.66. The van der Waals surface area contributed by atoms with Crippen molar-refractivity contribution in [3.05, 3.63) is 42.5 Å². The van der Waals surface area contributed by atoms with E-state index < -0.39 is 0 Å². The van der Waals surface area contributed by atoms with E-state index in [1.165, 1.54) is 12.8 Å². The fraction of sp³-hybridized carbons (Fsp3) is 0.444. The second-order valence-electron chi connectivity index (χ2n) is 6.81. The normalized spacial score (nSPS) is 20.1. The Hall–Kier alpha value is -2.70.